The van der Waals surface area contributed by atoms with E-state index in [0.29, 0.717) is 12.8 Å². The summed E-state index contributed by atoms with van der Waals surface area (Å²) in [6, 6.07) is -6.65. The van der Waals surface area contributed by atoms with Crippen LogP contribution in [0.15, 0.2) is 0 Å². The molecular formula is C33H58F2N6O9. The molecule has 0 spiro atoms. The molecular weight excluding hydrogens is 662 g/mol. The van der Waals surface area contributed by atoms with Gasteiger partial charge in [-0.2, -0.15) is 8.78 Å². The largest absolute Gasteiger partial charge is 0.467 e. The molecule has 17 heteroatoms. The highest BCUT2D eigenvalue weighted by atomic mass is 19.3. The summed E-state index contributed by atoms with van der Waals surface area (Å²) in [5, 5.41) is 9.66. The molecule has 0 aromatic carbocycles. The van der Waals surface area contributed by atoms with Crippen molar-refractivity contribution < 1.29 is 51.8 Å². The van der Waals surface area contributed by atoms with Crippen molar-refractivity contribution in [1.82, 2.24) is 32.1 Å². The minimum Gasteiger partial charge on any atom is -0.467 e. The Labute approximate surface area is 293 Å². The Balaban J connectivity index is 5.77. The van der Waals surface area contributed by atoms with Crippen LogP contribution in [0.5, 0.6) is 0 Å². The number of ketones is 1. The second-order valence-electron chi connectivity index (χ2n) is 14.1. The van der Waals surface area contributed by atoms with Gasteiger partial charge in [-0.15, -0.1) is 0 Å². The van der Waals surface area contributed by atoms with Gasteiger partial charge in [0, 0.05) is 0 Å². The molecule has 0 rings (SSSR count). The first-order chi connectivity index (χ1) is 22.9. The fourth-order valence-corrected chi connectivity index (χ4v) is 4.46. The maximum atomic E-state index is 15.1. The van der Waals surface area contributed by atoms with Crippen molar-refractivity contribution in [3.05, 3.63) is 0 Å². The molecule has 0 saturated carbocycles. The lowest BCUT2D eigenvalue weighted by molar-refractivity contribution is -0.161. The summed E-state index contributed by atoms with van der Waals surface area (Å²) in [5.41, 5.74) is 3.09. The van der Waals surface area contributed by atoms with Crippen LogP contribution in [0.4, 0.5) is 13.6 Å². The fraction of sp³-hybridized carbons (Fsp3) is 0.788. The zero-order valence-corrected chi connectivity index (χ0v) is 31.5. The number of amides is 5. The normalized spacial score (nSPS) is 16.1. The number of hydrogen-bond acceptors (Lipinski definition) is 10. The first-order valence-corrected chi connectivity index (χ1v) is 16.8. The molecule has 15 nitrogen and oxygen atoms in total. The number of alkyl carbamates (subject to hydrolysis) is 1. The van der Waals surface area contributed by atoms with Crippen LogP contribution in [0.2, 0.25) is 0 Å². The van der Waals surface area contributed by atoms with E-state index in [2.05, 4.69) is 26.7 Å². The molecule has 288 valence electrons. The molecule has 0 bridgehead atoms. The Hall–Kier alpha value is -3.89. The van der Waals surface area contributed by atoms with Gasteiger partial charge in [-0.1, -0.05) is 68.2 Å². The number of nitrogens with one attached hydrogen (secondary N) is 6. The van der Waals surface area contributed by atoms with E-state index in [-0.39, 0.29) is 5.92 Å². The van der Waals surface area contributed by atoms with E-state index in [0.717, 1.165) is 14.0 Å². The number of methoxy groups -OCH3 is 1. The van der Waals surface area contributed by atoms with E-state index in [1.165, 1.54) is 0 Å². The summed E-state index contributed by atoms with van der Waals surface area (Å²) in [7, 11) is 1.15. The molecule has 0 aliphatic rings. The van der Waals surface area contributed by atoms with Crippen molar-refractivity contribution in [2.45, 2.75) is 138 Å². The molecule has 7 atom stereocenters. The molecule has 2 unspecified atom stereocenters. The summed E-state index contributed by atoms with van der Waals surface area (Å²) in [5.74, 6) is -13.8. The number of rotatable bonds is 19. The Morgan fingerprint density at radius 2 is 1.08 bits per heavy atom. The average molecular weight is 721 g/mol. The minimum absolute atomic E-state index is 0.328. The van der Waals surface area contributed by atoms with Crippen LogP contribution in [0.3, 0.4) is 0 Å². The Bertz CT molecular complexity index is 1210. The maximum Gasteiger partial charge on any atom is 0.408 e. The van der Waals surface area contributed by atoms with Gasteiger partial charge < -0.3 is 30.7 Å². The lowest BCUT2D eigenvalue weighted by Gasteiger charge is -2.30. The Morgan fingerprint density at radius 3 is 1.52 bits per heavy atom. The Morgan fingerprint density at radius 1 is 0.640 bits per heavy atom. The third kappa shape index (κ3) is 14.2. The van der Waals surface area contributed by atoms with Gasteiger partial charge in [0.15, 0.2) is 0 Å². The van der Waals surface area contributed by atoms with Crippen LogP contribution in [0.25, 0.3) is 0 Å². The highest BCUT2D eigenvalue weighted by Crippen LogP contribution is 2.19. The van der Waals surface area contributed by atoms with E-state index >= 15 is 8.78 Å². The molecule has 6 N–H and O–H groups in total. The standard InChI is InChI=1S/C33H58F2N6O9/c1-14-18(7)23(37-26(43)21(16(3)4)39-31(48)50-32(10,11)12)28(45)36-20(9)25(42)33(34,35)30(47)41-40-22(17(5)6)27(44)38-24(19(8)15-2)29(46)49-13/h16-24,40H,14-15H2,1-13H3,(H,36,45)(H,37,43)(H,38,44)(H,39,48)(H,41,47)/t18-,19-,20-,21-,22-,23?,24?/m0/s1. The van der Waals surface area contributed by atoms with Crippen LogP contribution >= 0.6 is 0 Å². The number of carbonyl (C=O) groups is 7. The molecule has 0 aliphatic heterocycles. The van der Waals surface area contributed by atoms with Crippen LogP contribution in [0.1, 0.15) is 95.9 Å². The molecule has 0 aromatic rings. The number of halogens is 2. The van der Waals surface area contributed by atoms with Crippen LogP contribution < -0.4 is 32.1 Å². The summed E-state index contributed by atoms with van der Waals surface area (Å²) < 4.78 is 40.2. The predicted octanol–water partition coefficient (Wildman–Crippen LogP) is 2.13. The minimum atomic E-state index is -4.67. The van der Waals surface area contributed by atoms with Crippen molar-refractivity contribution in [3.8, 4) is 0 Å². The summed E-state index contributed by atoms with van der Waals surface area (Å²) in [6.45, 7) is 19.2. The second-order valence-corrected chi connectivity index (χ2v) is 14.1. The molecule has 0 fully saturated rings. The molecule has 50 heavy (non-hydrogen) atoms. The molecule has 0 aromatic heterocycles. The molecule has 0 saturated heterocycles. The van der Waals surface area contributed by atoms with Gasteiger partial charge in [0.2, 0.25) is 23.5 Å². The second kappa shape index (κ2) is 20.1. The lowest BCUT2D eigenvalue weighted by atomic mass is 9.96. The highest BCUT2D eigenvalue weighted by molar-refractivity contribution is 6.10. The zero-order valence-electron chi connectivity index (χ0n) is 31.5. The van der Waals surface area contributed by atoms with E-state index in [4.69, 9.17) is 9.47 Å². The van der Waals surface area contributed by atoms with Gasteiger partial charge >= 0.3 is 23.9 Å². The highest BCUT2D eigenvalue weighted by Gasteiger charge is 2.50. The number of hydrazine groups is 1. The van der Waals surface area contributed by atoms with E-state index in [1.807, 2.05) is 0 Å². The Kier molecular flexibility index (Phi) is 18.5. The van der Waals surface area contributed by atoms with Gasteiger partial charge in [-0.3, -0.25) is 29.4 Å². The first-order valence-electron chi connectivity index (χ1n) is 16.8. The SMILES string of the molecule is CC[C@H](C)C(NC(=O)[C@@H](NC(=O)OC(C)(C)C)C(C)C)C(=O)N[C@@H](C)C(=O)C(F)(F)C(=O)NN[C@H](C(=O)NC(C(=O)OC)[C@@H](C)CC)C(C)C. The van der Waals surface area contributed by atoms with Gasteiger partial charge in [-0.25, -0.2) is 15.0 Å². The first kappa shape index (κ1) is 46.1. The van der Waals surface area contributed by atoms with Crippen LogP contribution in [-0.2, 0) is 38.2 Å². The van der Waals surface area contributed by atoms with Crippen molar-refractivity contribution >= 4 is 41.5 Å². The van der Waals surface area contributed by atoms with Crippen LogP contribution in [-0.4, -0.2) is 90.3 Å². The number of Topliss-reactive ketones (excluding diaryl/α,β-unsaturated/α-hetero) is 1. The summed E-state index contributed by atoms with van der Waals surface area (Å²) in [6.07, 6.45) is 0.00869. The molecule has 0 radical (unpaired) electrons. The van der Waals surface area contributed by atoms with Crippen molar-refractivity contribution in [2.24, 2.45) is 23.7 Å². The fourth-order valence-electron chi connectivity index (χ4n) is 4.46. The van der Waals surface area contributed by atoms with E-state index in [9.17, 15) is 33.6 Å². The third-order valence-corrected chi connectivity index (χ3v) is 8.02. The number of alkyl halides is 2. The predicted molar refractivity (Wildman–Crippen MR) is 180 cm³/mol. The molecule has 0 aliphatic carbocycles. The molecule has 5 amide bonds. The van der Waals surface area contributed by atoms with E-state index < -0.39 is 101 Å². The monoisotopic (exact) mass is 720 g/mol. The quantitative estimate of drug-likeness (QED) is 0.0651. The van der Waals surface area contributed by atoms with Crippen molar-refractivity contribution in [1.29, 1.82) is 0 Å². The topological polar surface area (TPSA) is 210 Å². The lowest BCUT2D eigenvalue weighted by Crippen LogP contribution is -2.62. The number of hydrogen-bond donors (Lipinski definition) is 6. The number of esters is 1. The molecule has 0 heterocycles. The summed E-state index contributed by atoms with van der Waals surface area (Å²) >= 11 is 0. The number of carbonyl (C=O) groups excluding carboxylic acids is 7. The van der Waals surface area contributed by atoms with Gasteiger partial charge in [0.25, 0.3) is 0 Å². The van der Waals surface area contributed by atoms with Gasteiger partial charge in [0.1, 0.15) is 29.8 Å². The van der Waals surface area contributed by atoms with Gasteiger partial charge in [-0.05, 0) is 51.4 Å². The number of ether oxygens (including phenoxy) is 2. The van der Waals surface area contributed by atoms with Crippen molar-refractivity contribution in [3.63, 3.8) is 0 Å². The smallest absolute Gasteiger partial charge is 0.408 e. The third-order valence-electron chi connectivity index (χ3n) is 8.02. The van der Waals surface area contributed by atoms with Crippen LogP contribution in [0, 0.1) is 23.7 Å². The average Bonchev–Trinajstić information content (AvgIpc) is 3.01. The van der Waals surface area contributed by atoms with E-state index in [1.54, 1.807) is 81.6 Å². The van der Waals surface area contributed by atoms with Gasteiger partial charge in [0.05, 0.1) is 13.2 Å². The zero-order chi connectivity index (χ0) is 39.3. The summed E-state index contributed by atoms with van der Waals surface area (Å²) in [4.78, 5) is 89.4. The van der Waals surface area contributed by atoms with Crippen molar-refractivity contribution in [2.75, 3.05) is 7.11 Å². The maximum absolute atomic E-state index is 15.1.